The highest BCUT2D eigenvalue weighted by atomic mass is 16.6. The molecule has 1 saturated heterocycles. The fraction of sp³-hybridized carbons (Fsp3) is 0.625. The highest BCUT2D eigenvalue weighted by molar-refractivity contribution is 5.68. The number of hydrogen-bond acceptors (Lipinski definition) is 3. The summed E-state index contributed by atoms with van der Waals surface area (Å²) in [6, 6.07) is 0. The molecule has 1 aromatic heterocycles. The molecule has 114 valence electrons. The molecule has 0 aromatic carbocycles. The van der Waals surface area contributed by atoms with Crippen molar-refractivity contribution in [1.29, 1.82) is 0 Å². The average Bonchev–Trinajstić information content (AvgIpc) is 2.86. The van der Waals surface area contributed by atoms with Gasteiger partial charge in [0.15, 0.2) is 0 Å². The number of likely N-dealkylation sites (tertiary alicyclic amines) is 1. The fourth-order valence-electron chi connectivity index (χ4n) is 2.59. The standard InChI is InChI=1S/C16H23N3O2/c1-5-8-19-12-17-11-14(19)13-6-9-18(10-7-13)15(20)21-16(2,3)4/h1,11-13H,6-10H2,2-4H3. The maximum absolute atomic E-state index is 12.0. The van der Waals surface area contributed by atoms with Gasteiger partial charge in [-0.15, -0.1) is 6.42 Å². The van der Waals surface area contributed by atoms with Crippen LogP contribution in [0, 0.1) is 12.3 Å². The van der Waals surface area contributed by atoms with E-state index in [1.807, 2.05) is 31.5 Å². The highest BCUT2D eigenvalue weighted by Gasteiger charge is 2.28. The smallest absolute Gasteiger partial charge is 0.410 e. The van der Waals surface area contributed by atoms with Gasteiger partial charge in [-0.05, 0) is 33.6 Å². The monoisotopic (exact) mass is 289 g/mol. The summed E-state index contributed by atoms with van der Waals surface area (Å²) in [7, 11) is 0. The molecular formula is C16H23N3O2. The first kappa shape index (κ1) is 15.4. The van der Waals surface area contributed by atoms with Crippen molar-refractivity contribution < 1.29 is 9.53 Å². The average molecular weight is 289 g/mol. The Labute approximate surface area is 126 Å². The van der Waals surface area contributed by atoms with Gasteiger partial charge in [0, 0.05) is 30.9 Å². The van der Waals surface area contributed by atoms with Crippen LogP contribution in [-0.4, -0.2) is 39.2 Å². The first-order valence-corrected chi connectivity index (χ1v) is 7.32. The lowest BCUT2D eigenvalue weighted by Crippen LogP contribution is -2.41. The van der Waals surface area contributed by atoms with Crippen molar-refractivity contribution in [3.05, 3.63) is 18.2 Å². The van der Waals surface area contributed by atoms with Crippen LogP contribution in [0.25, 0.3) is 0 Å². The molecule has 0 radical (unpaired) electrons. The number of hydrogen-bond donors (Lipinski definition) is 0. The molecule has 21 heavy (non-hydrogen) atoms. The third kappa shape index (κ3) is 4.01. The molecule has 1 aromatic rings. The van der Waals surface area contributed by atoms with Crippen molar-refractivity contribution in [2.24, 2.45) is 0 Å². The first-order valence-electron chi connectivity index (χ1n) is 7.32. The number of rotatable bonds is 2. The zero-order valence-electron chi connectivity index (χ0n) is 13.0. The number of carbonyl (C=O) groups excluding carboxylic acids is 1. The second-order valence-corrected chi connectivity index (χ2v) is 6.39. The van der Waals surface area contributed by atoms with Crippen LogP contribution in [0.2, 0.25) is 0 Å². The van der Waals surface area contributed by atoms with Crippen LogP contribution in [0.5, 0.6) is 0 Å². The molecule has 0 N–H and O–H groups in total. The fourth-order valence-corrected chi connectivity index (χ4v) is 2.59. The van der Waals surface area contributed by atoms with Gasteiger partial charge in [-0.1, -0.05) is 5.92 Å². The number of amides is 1. The first-order chi connectivity index (χ1) is 9.90. The molecule has 1 fully saturated rings. The largest absolute Gasteiger partial charge is 0.444 e. The second kappa shape index (κ2) is 6.21. The van der Waals surface area contributed by atoms with E-state index in [1.54, 1.807) is 11.2 Å². The molecule has 5 nitrogen and oxygen atoms in total. The number of imidazole rings is 1. The molecular weight excluding hydrogens is 266 g/mol. The van der Waals surface area contributed by atoms with E-state index < -0.39 is 5.60 Å². The summed E-state index contributed by atoms with van der Waals surface area (Å²) in [5, 5.41) is 0. The van der Waals surface area contributed by atoms with E-state index in [0.29, 0.717) is 25.6 Å². The SMILES string of the molecule is C#CCn1cncc1C1CCN(C(=O)OC(C)(C)C)CC1. The zero-order chi connectivity index (χ0) is 15.5. The van der Waals surface area contributed by atoms with Crippen molar-refractivity contribution in [2.75, 3.05) is 13.1 Å². The quantitative estimate of drug-likeness (QED) is 0.786. The van der Waals surface area contributed by atoms with Crippen molar-refractivity contribution in [2.45, 2.75) is 51.7 Å². The molecule has 0 unspecified atom stereocenters. The molecule has 0 aliphatic carbocycles. The van der Waals surface area contributed by atoms with Crippen LogP contribution < -0.4 is 0 Å². The summed E-state index contributed by atoms with van der Waals surface area (Å²) in [4.78, 5) is 18.0. The Morgan fingerprint density at radius 2 is 2.14 bits per heavy atom. The summed E-state index contributed by atoms with van der Waals surface area (Å²) in [5.74, 6) is 3.04. The van der Waals surface area contributed by atoms with Gasteiger partial charge in [0.05, 0.1) is 12.9 Å². The van der Waals surface area contributed by atoms with Crippen molar-refractivity contribution in [1.82, 2.24) is 14.5 Å². The maximum Gasteiger partial charge on any atom is 0.410 e. The lowest BCUT2D eigenvalue weighted by molar-refractivity contribution is 0.0203. The van der Waals surface area contributed by atoms with Gasteiger partial charge in [0.25, 0.3) is 0 Å². The van der Waals surface area contributed by atoms with E-state index in [0.717, 1.165) is 18.5 Å². The Bertz CT molecular complexity index is 528. The summed E-state index contributed by atoms with van der Waals surface area (Å²) >= 11 is 0. The molecule has 1 aliphatic heterocycles. The molecule has 2 heterocycles. The van der Waals surface area contributed by atoms with Crippen molar-refractivity contribution >= 4 is 6.09 Å². The Balaban J connectivity index is 1.93. The van der Waals surface area contributed by atoms with Gasteiger partial charge < -0.3 is 14.2 Å². The number of aromatic nitrogens is 2. The number of terminal acetylenes is 1. The Hall–Kier alpha value is -1.96. The number of nitrogens with zero attached hydrogens (tertiary/aromatic N) is 3. The number of carbonyl (C=O) groups is 1. The molecule has 0 saturated carbocycles. The normalized spacial score (nSPS) is 16.6. The predicted molar refractivity (Wildman–Crippen MR) is 80.8 cm³/mol. The van der Waals surface area contributed by atoms with Gasteiger partial charge in [-0.25, -0.2) is 9.78 Å². The molecule has 2 rings (SSSR count). The van der Waals surface area contributed by atoms with E-state index in [4.69, 9.17) is 11.2 Å². The van der Waals surface area contributed by atoms with Gasteiger partial charge in [0.1, 0.15) is 5.60 Å². The van der Waals surface area contributed by atoms with Gasteiger partial charge in [0.2, 0.25) is 0 Å². The minimum Gasteiger partial charge on any atom is -0.444 e. The Morgan fingerprint density at radius 1 is 1.48 bits per heavy atom. The second-order valence-electron chi connectivity index (χ2n) is 6.39. The lowest BCUT2D eigenvalue weighted by atomic mass is 9.94. The van der Waals surface area contributed by atoms with E-state index in [2.05, 4.69) is 10.9 Å². The summed E-state index contributed by atoms with van der Waals surface area (Å²) in [6.45, 7) is 7.62. The minimum absolute atomic E-state index is 0.224. The van der Waals surface area contributed by atoms with Crippen LogP contribution in [0.4, 0.5) is 4.79 Å². The van der Waals surface area contributed by atoms with Gasteiger partial charge >= 0.3 is 6.09 Å². The maximum atomic E-state index is 12.0. The molecule has 0 atom stereocenters. The van der Waals surface area contributed by atoms with E-state index in [9.17, 15) is 4.79 Å². The zero-order valence-corrected chi connectivity index (χ0v) is 13.0. The molecule has 1 amide bonds. The van der Waals surface area contributed by atoms with Gasteiger partial charge in [-0.2, -0.15) is 0 Å². The van der Waals surface area contributed by atoms with E-state index in [-0.39, 0.29) is 6.09 Å². The minimum atomic E-state index is -0.445. The summed E-state index contributed by atoms with van der Waals surface area (Å²) in [6.07, 6.45) is 10.6. The van der Waals surface area contributed by atoms with Crippen LogP contribution in [0.1, 0.15) is 45.2 Å². The van der Waals surface area contributed by atoms with Crippen molar-refractivity contribution in [3.63, 3.8) is 0 Å². The molecule has 1 aliphatic rings. The van der Waals surface area contributed by atoms with Gasteiger partial charge in [-0.3, -0.25) is 0 Å². The number of piperidine rings is 1. The Morgan fingerprint density at radius 3 is 2.71 bits per heavy atom. The van der Waals surface area contributed by atoms with Crippen LogP contribution >= 0.6 is 0 Å². The van der Waals surface area contributed by atoms with Crippen LogP contribution in [0.15, 0.2) is 12.5 Å². The highest BCUT2D eigenvalue weighted by Crippen LogP contribution is 2.28. The predicted octanol–water partition coefficient (Wildman–Crippen LogP) is 2.63. The molecule has 0 spiro atoms. The topological polar surface area (TPSA) is 47.4 Å². The summed E-state index contributed by atoms with van der Waals surface area (Å²) in [5.41, 5.74) is 0.719. The molecule has 0 bridgehead atoms. The van der Waals surface area contributed by atoms with E-state index >= 15 is 0 Å². The third-order valence-electron chi connectivity index (χ3n) is 3.57. The molecule has 5 heteroatoms. The van der Waals surface area contributed by atoms with Crippen molar-refractivity contribution in [3.8, 4) is 12.3 Å². The number of ether oxygens (including phenoxy) is 1. The van der Waals surface area contributed by atoms with Crippen LogP contribution in [-0.2, 0) is 11.3 Å². The van der Waals surface area contributed by atoms with E-state index in [1.165, 1.54) is 0 Å². The summed E-state index contributed by atoms with van der Waals surface area (Å²) < 4.78 is 7.42. The van der Waals surface area contributed by atoms with Crippen LogP contribution in [0.3, 0.4) is 0 Å². The lowest BCUT2D eigenvalue weighted by Gasteiger charge is -2.33. The Kier molecular flexibility index (Phi) is 4.56. The third-order valence-corrected chi connectivity index (χ3v) is 3.57.